The van der Waals surface area contributed by atoms with Gasteiger partial charge in [0.2, 0.25) is 0 Å². The van der Waals surface area contributed by atoms with Crippen LogP contribution in [0.2, 0.25) is 0 Å². The normalized spacial score (nSPS) is 12.0. The van der Waals surface area contributed by atoms with Crippen molar-refractivity contribution < 1.29 is 0 Å². The maximum Gasteiger partial charge on any atom is 0.0709 e. The van der Waals surface area contributed by atoms with Crippen molar-refractivity contribution in [1.29, 1.82) is 0 Å². The smallest absolute Gasteiger partial charge is 0.0709 e. The zero-order valence-electron chi connectivity index (χ0n) is 38.0. The minimum absolute atomic E-state index is 1.11. The van der Waals surface area contributed by atoms with Crippen LogP contribution in [0.3, 0.4) is 0 Å². The topological polar surface area (TPSA) is 19.7 Å². The molecule has 4 heteroatoms. The van der Waals surface area contributed by atoms with Crippen LogP contribution in [-0.2, 0) is 0 Å². The summed E-state index contributed by atoms with van der Waals surface area (Å²) in [5, 5.41) is 14.5. The monoisotopic (exact) mass is 890 g/mol. The minimum atomic E-state index is 1.11. The molecule has 0 aliphatic heterocycles. The molecule has 0 fully saturated rings. The van der Waals surface area contributed by atoms with E-state index in [9.17, 15) is 0 Å². The van der Waals surface area contributed by atoms with E-state index in [1.165, 1.54) is 86.7 Å². The van der Waals surface area contributed by atoms with Gasteiger partial charge in [0, 0.05) is 44.0 Å². The minimum Gasteiger partial charge on any atom is -0.309 e. The molecular formula is C66H42N4. The van der Waals surface area contributed by atoms with Crippen molar-refractivity contribution in [2.75, 3.05) is 0 Å². The van der Waals surface area contributed by atoms with E-state index in [1.807, 2.05) is 0 Å². The van der Waals surface area contributed by atoms with Crippen LogP contribution in [0, 0.1) is 0 Å². The number of aromatic nitrogens is 4. The summed E-state index contributed by atoms with van der Waals surface area (Å²) in [6.45, 7) is 0. The van der Waals surface area contributed by atoms with Gasteiger partial charge in [0.1, 0.15) is 0 Å². The molecular weight excluding hydrogens is 849 g/mol. The Morgan fingerprint density at radius 3 is 1.06 bits per heavy atom. The van der Waals surface area contributed by atoms with Gasteiger partial charge in [0.15, 0.2) is 0 Å². The Kier molecular flexibility index (Phi) is 8.33. The Bertz CT molecular complexity index is 4650. The van der Waals surface area contributed by atoms with Crippen LogP contribution in [0.5, 0.6) is 0 Å². The molecule has 326 valence electrons. The molecule has 0 saturated heterocycles. The maximum absolute atomic E-state index is 2.51. The van der Waals surface area contributed by atoms with Crippen LogP contribution in [0.25, 0.3) is 132 Å². The molecule has 0 saturated carbocycles. The number of hydrogen-bond acceptors (Lipinski definition) is 0. The van der Waals surface area contributed by atoms with Crippen LogP contribution in [0.15, 0.2) is 255 Å². The van der Waals surface area contributed by atoms with Crippen molar-refractivity contribution in [1.82, 2.24) is 18.3 Å². The van der Waals surface area contributed by atoms with Gasteiger partial charge in [0.25, 0.3) is 0 Å². The second kappa shape index (κ2) is 15.1. The summed E-state index contributed by atoms with van der Waals surface area (Å²) in [6.07, 6.45) is 0. The summed E-state index contributed by atoms with van der Waals surface area (Å²) < 4.78 is 9.83. The fourth-order valence-corrected chi connectivity index (χ4v) is 11.9. The summed E-state index contributed by atoms with van der Waals surface area (Å²) in [5.74, 6) is 0. The molecule has 3 aromatic heterocycles. The van der Waals surface area contributed by atoms with E-state index >= 15 is 0 Å². The molecule has 0 atom stereocenters. The van der Waals surface area contributed by atoms with E-state index in [2.05, 4.69) is 273 Å². The van der Waals surface area contributed by atoms with Crippen LogP contribution in [0.1, 0.15) is 0 Å². The van der Waals surface area contributed by atoms with E-state index in [-0.39, 0.29) is 0 Å². The van der Waals surface area contributed by atoms with Crippen molar-refractivity contribution in [2.45, 2.75) is 0 Å². The van der Waals surface area contributed by atoms with Crippen molar-refractivity contribution in [3.8, 4) is 22.7 Å². The van der Waals surface area contributed by atoms with Gasteiger partial charge in [-0.1, -0.05) is 164 Å². The zero-order valence-corrected chi connectivity index (χ0v) is 38.0. The molecule has 15 rings (SSSR count). The standard InChI is InChI=1S/C66H42N4/c1-3-20-43(21-4-1)67-61-35-17-18-36-62(61)68(44-22-5-2-6-23-44)65-42-55-48-26-9-10-30-52(48)66-53(46-24-7-8-25-47(46)54(55)41-64(65)67)31-19-37-63(66)70-59-34-16-13-29-51(59)56-40-45(38-39-60(56)70)69-57-32-14-11-27-49(57)50-28-12-15-33-58(50)69/h1-42H. The number of para-hydroxylation sites is 7. The van der Waals surface area contributed by atoms with E-state index in [0.717, 1.165) is 44.8 Å². The SMILES string of the molecule is c1ccc(-n2c3ccccc3n(-c3ccccc3)c3cc4c(cc32)c2ccccc2c2cccc(-n3c5ccccc5c5cc(-n6c7ccccc7c7ccccc76)ccc53)c2c2ccccc42)cc1. The number of benzene rings is 11. The van der Waals surface area contributed by atoms with E-state index in [4.69, 9.17) is 0 Å². The van der Waals surface area contributed by atoms with Crippen LogP contribution in [-0.4, -0.2) is 18.3 Å². The highest BCUT2D eigenvalue weighted by atomic mass is 15.1. The van der Waals surface area contributed by atoms with Crippen LogP contribution in [0.4, 0.5) is 0 Å². The fraction of sp³-hybridized carbons (Fsp3) is 0. The molecule has 0 aliphatic rings. The van der Waals surface area contributed by atoms with Gasteiger partial charge in [-0.3, -0.25) is 0 Å². The molecule has 0 aliphatic carbocycles. The lowest BCUT2D eigenvalue weighted by Crippen LogP contribution is -2.08. The predicted octanol–water partition coefficient (Wildman–Crippen LogP) is 17.5. The second-order valence-corrected chi connectivity index (χ2v) is 18.4. The Morgan fingerprint density at radius 2 is 0.529 bits per heavy atom. The maximum atomic E-state index is 2.51. The third-order valence-corrected chi connectivity index (χ3v) is 14.8. The summed E-state index contributed by atoms with van der Waals surface area (Å²) >= 11 is 0. The largest absolute Gasteiger partial charge is 0.309 e. The number of rotatable bonds is 4. The first-order valence-corrected chi connectivity index (χ1v) is 24.1. The Labute approximate surface area is 402 Å². The third-order valence-electron chi connectivity index (χ3n) is 14.8. The first-order chi connectivity index (χ1) is 34.8. The highest BCUT2D eigenvalue weighted by molar-refractivity contribution is 6.29. The quantitative estimate of drug-likeness (QED) is 0.157. The molecule has 0 N–H and O–H groups in total. The van der Waals surface area contributed by atoms with E-state index in [0.29, 0.717) is 0 Å². The molecule has 0 unspecified atom stereocenters. The van der Waals surface area contributed by atoms with Crippen molar-refractivity contribution in [2.24, 2.45) is 0 Å². The van der Waals surface area contributed by atoms with E-state index < -0.39 is 0 Å². The van der Waals surface area contributed by atoms with Gasteiger partial charge >= 0.3 is 0 Å². The highest BCUT2D eigenvalue weighted by Crippen LogP contribution is 2.44. The van der Waals surface area contributed by atoms with Gasteiger partial charge in [-0.15, -0.1) is 0 Å². The van der Waals surface area contributed by atoms with Crippen molar-refractivity contribution in [3.05, 3.63) is 255 Å². The number of hydrogen-bond donors (Lipinski definition) is 0. The molecule has 0 amide bonds. The zero-order chi connectivity index (χ0) is 45.9. The van der Waals surface area contributed by atoms with Crippen LogP contribution < -0.4 is 0 Å². The summed E-state index contributed by atoms with van der Waals surface area (Å²) in [5.41, 5.74) is 13.8. The van der Waals surface area contributed by atoms with Gasteiger partial charge in [0.05, 0.1) is 49.8 Å². The van der Waals surface area contributed by atoms with Gasteiger partial charge in [-0.2, -0.15) is 0 Å². The predicted molar refractivity (Wildman–Crippen MR) is 296 cm³/mol. The molecule has 15 aromatic rings. The fourth-order valence-electron chi connectivity index (χ4n) is 11.9. The van der Waals surface area contributed by atoms with Gasteiger partial charge < -0.3 is 18.3 Å². The highest BCUT2D eigenvalue weighted by Gasteiger charge is 2.21. The lowest BCUT2D eigenvalue weighted by Gasteiger charge is -2.23. The first kappa shape index (κ1) is 38.7. The molecule has 70 heavy (non-hydrogen) atoms. The summed E-state index contributed by atoms with van der Waals surface area (Å²) in [7, 11) is 0. The molecule has 4 nitrogen and oxygen atoms in total. The first-order valence-electron chi connectivity index (χ1n) is 24.1. The summed E-state index contributed by atoms with van der Waals surface area (Å²) in [4.78, 5) is 0. The van der Waals surface area contributed by atoms with Gasteiger partial charge in [-0.25, -0.2) is 0 Å². The average molecular weight is 891 g/mol. The van der Waals surface area contributed by atoms with Crippen molar-refractivity contribution >= 4 is 109 Å². The number of nitrogens with zero attached hydrogens (tertiary/aromatic N) is 4. The van der Waals surface area contributed by atoms with Crippen molar-refractivity contribution in [3.63, 3.8) is 0 Å². The molecule has 0 spiro atoms. The van der Waals surface area contributed by atoms with Gasteiger partial charge in [-0.05, 0) is 129 Å². The molecule has 0 bridgehead atoms. The Hall–Kier alpha value is -9.38. The lowest BCUT2D eigenvalue weighted by molar-refractivity contribution is 1.09. The number of fused-ring (bicyclic) bond motifs is 16. The lowest BCUT2D eigenvalue weighted by atomic mass is 9.93. The average Bonchev–Trinajstić information content (AvgIpc) is 3.94. The Morgan fingerprint density at radius 1 is 0.171 bits per heavy atom. The Balaban J connectivity index is 1.10. The molecule has 0 radical (unpaired) electrons. The molecule has 12 aromatic carbocycles. The van der Waals surface area contributed by atoms with E-state index in [1.54, 1.807) is 0 Å². The second-order valence-electron chi connectivity index (χ2n) is 18.4. The third kappa shape index (κ3) is 5.53. The summed E-state index contributed by atoms with van der Waals surface area (Å²) in [6, 6.07) is 93.9. The molecule has 3 heterocycles. The van der Waals surface area contributed by atoms with Crippen LogP contribution >= 0.6 is 0 Å².